The highest BCUT2D eigenvalue weighted by Crippen LogP contribution is 2.25. The zero-order chi connectivity index (χ0) is 10.0. The van der Waals surface area contributed by atoms with Gasteiger partial charge in [0.1, 0.15) is 5.82 Å². The molecule has 1 aromatic carbocycles. The molecule has 4 heteroatoms. The molecule has 1 nitrogen and oxygen atoms in total. The smallest absolute Gasteiger partial charge is 0.128 e. The van der Waals surface area contributed by atoms with E-state index in [1.165, 1.54) is 6.07 Å². The molecule has 0 bridgehead atoms. The van der Waals surface area contributed by atoms with E-state index in [2.05, 4.69) is 31.9 Å². The molecule has 0 aliphatic carbocycles. The molecule has 1 unspecified atom stereocenters. The molecule has 0 saturated heterocycles. The molecule has 13 heavy (non-hydrogen) atoms. The molecular weight excluding hydrogens is 301 g/mol. The molecule has 1 rings (SSSR count). The monoisotopic (exact) mass is 309 g/mol. The van der Waals surface area contributed by atoms with Gasteiger partial charge in [-0.3, -0.25) is 0 Å². The van der Waals surface area contributed by atoms with Crippen molar-refractivity contribution < 1.29 is 4.39 Å². The molecule has 0 amide bonds. The Labute approximate surface area is 93.8 Å². The van der Waals surface area contributed by atoms with Crippen molar-refractivity contribution in [1.29, 1.82) is 0 Å². The average molecular weight is 311 g/mol. The summed E-state index contributed by atoms with van der Waals surface area (Å²) in [6, 6.07) is 3.23. The van der Waals surface area contributed by atoms with E-state index < -0.39 is 0 Å². The Bertz CT molecular complexity index is 289. The van der Waals surface area contributed by atoms with E-state index in [0.717, 1.165) is 8.95 Å². The molecule has 0 radical (unpaired) electrons. The van der Waals surface area contributed by atoms with Crippen LogP contribution in [-0.2, 0) is 6.42 Å². The second-order valence-electron chi connectivity index (χ2n) is 3.03. The van der Waals surface area contributed by atoms with E-state index in [1.54, 1.807) is 0 Å². The molecule has 0 aliphatic rings. The van der Waals surface area contributed by atoms with E-state index in [9.17, 15) is 4.39 Å². The maximum Gasteiger partial charge on any atom is 0.128 e. The Morgan fingerprint density at radius 2 is 2.08 bits per heavy atom. The minimum absolute atomic E-state index is 0.0352. The van der Waals surface area contributed by atoms with Crippen LogP contribution in [0, 0.1) is 5.82 Å². The highest BCUT2D eigenvalue weighted by atomic mass is 79.9. The summed E-state index contributed by atoms with van der Waals surface area (Å²) in [5, 5.41) is 0. The first-order valence-corrected chi connectivity index (χ1v) is 5.48. The zero-order valence-electron chi connectivity index (χ0n) is 7.15. The van der Waals surface area contributed by atoms with Crippen molar-refractivity contribution in [1.82, 2.24) is 0 Å². The van der Waals surface area contributed by atoms with Gasteiger partial charge in [-0.1, -0.05) is 31.9 Å². The lowest BCUT2D eigenvalue weighted by atomic mass is 10.1. The SMILES string of the molecule is CC(N)Cc1c(F)cc(Br)cc1Br. The molecule has 0 heterocycles. The molecule has 0 aromatic heterocycles. The van der Waals surface area contributed by atoms with Gasteiger partial charge in [0.25, 0.3) is 0 Å². The van der Waals surface area contributed by atoms with Gasteiger partial charge in [-0.05, 0) is 25.5 Å². The van der Waals surface area contributed by atoms with Gasteiger partial charge in [0.05, 0.1) is 0 Å². The van der Waals surface area contributed by atoms with Crippen molar-refractivity contribution in [2.24, 2.45) is 5.73 Å². The fraction of sp³-hybridized carbons (Fsp3) is 0.333. The quantitative estimate of drug-likeness (QED) is 0.891. The Hall–Kier alpha value is 0.0700. The van der Waals surface area contributed by atoms with E-state index in [-0.39, 0.29) is 11.9 Å². The third-order valence-electron chi connectivity index (χ3n) is 1.63. The largest absolute Gasteiger partial charge is 0.328 e. The number of rotatable bonds is 2. The lowest BCUT2D eigenvalue weighted by Gasteiger charge is -2.09. The van der Waals surface area contributed by atoms with Crippen LogP contribution in [0.4, 0.5) is 4.39 Å². The second kappa shape index (κ2) is 4.53. The molecule has 72 valence electrons. The molecule has 1 aromatic rings. The highest BCUT2D eigenvalue weighted by molar-refractivity contribution is 9.11. The van der Waals surface area contributed by atoms with Crippen LogP contribution in [0.1, 0.15) is 12.5 Å². The van der Waals surface area contributed by atoms with Gasteiger partial charge in [0.15, 0.2) is 0 Å². The van der Waals surface area contributed by atoms with Gasteiger partial charge >= 0.3 is 0 Å². The third-order valence-corrected chi connectivity index (χ3v) is 2.80. The van der Waals surface area contributed by atoms with Gasteiger partial charge in [-0.2, -0.15) is 0 Å². The van der Waals surface area contributed by atoms with Gasteiger partial charge in [0, 0.05) is 20.6 Å². The lowest BCUT2D eigenvalue weighted by molar-refractivity contribution is 0.593. The summed E-state index contributed by atoms with van der Waals surface area (Å²) in [6.45, 7) is 1.86. The van der Waals surface area contributed by atoms with Gasteiger partial charge in [0.2, 0.25) is 0 Å². The molecular formula is C9H10Br2FN. The van der Waals surface area contributed by atoms with Crippen molar-refractivity contribution >= 4 is 31.9 Å². The summed E-state index contributed by atoms with van der Waals surface area (Å²) in [6.07, 6.45) is 0.541. The number of nitrogens with two attached hydrogens (primary N) is 1. The Morgan fingerprint density at radius 1 is 1.46 bits per heavy atom. The maximum absolute atomic E-state index is 13.4. The fourth-order valence-corrected chi connectivity index (χ4v) is 2.42. The van der Waals surface area contributed by atoms with Crippen LogP contribution >= 0.6 is 31.9 Å². The van der Waals surface area contributed by atoms with E-state index >= 15 is 0 Å². The van der Waals surface area contributed by atoms with Crippen molar-refractivity contribution in [2.45, 2.75) is 19.4 Å². The first-order chi connectivity index (χ1) is 6.00. The van der Waals surface area contributed by atoms with Crippen LogP contribution in [0.2, 0.25) is 0 Å². The van der Waals surface area contributed by atoms with E-state index in [4.69, 9.17) is 5.73 Å². The summed E-state index contributed by atoms with van der Waals surface area (Å²) >= 11 is 6.51. The normalized spacial score (nSPS) is 13.0. The van der Waals surface area contributed by atoms with Crippen molar-refractivity contribution in [2.75, 3.05) is 0 Å². The summed E-state index contributed by atoms with van der Waals surface area (Å²) in [5.74, 6) is -0.224. The first-order valence-electron chi connectivity index (χ1n) is 3.89. The molecule has 0 spiro atoms. The predicted molar refractivity (Wildman–Crippen MR) is 59.2 cm³/mol. The van der Waals surface area contributed by atoms with E-state index in [1.807, 2.05) is 13.0 Å². The van der Waals surface area contributed by atoms with Crippen molar-refractivity contribution in [3.05, 3.63) is 32.5 Å². The first kappa shape index (κ1) is 11.1. The fourth-order valence-electron chi connectivity index (χ4n) is 1.09. The molecule has 0 fully saturated rings. The van der Waals surface area contributed by atoms with Crippen LogP contribution in [0.5, 0.6) is 0 Å². The van der Waals surface area contributed by atoms with Gasteiger partial charge < -0.3 is 5.73 Å². The van der Waals surface area contributed by atoms with Crippen LogP contribution in [0.15, 0.2) is 21.1 Å². The summed E-state index contributed by atoms with van der Waals surface area (Å²) < 4.78 is 14.8. The van der Waals surface area contributed by atoms with Crippen molar-refractivity contribution in [3.8, 4) is 0 Å². The second-order valence-corrected chi connectivity index (χ2v) is 4.80. The summed E-state index contributed by atoms with van der Waals surface area (Å²) in [5.41, 5.74) is 6.24. The summed E-state index contributed by atoms with van der Waals surface area (Å²) in [4.78, 5) is 0. The van der Waals surface area contributed by atoms with Crippen LogP contribution < -0.4 is 5.73 Å². The Balaban J connectivity index is 3.06. The summed E-state index contributed by atoms with van der Waals surface area (Å²) in [7, 11) is 0. The third kappa shape index (κ3) is 3.04. The standard InChI is InChI=1S/C9H10Br2FN/c1-5(13)2-7-8(11)3-6(10)4-9(7)12/h3-5H,2,13H2,1H3. The minimum atomic E-state index is -0.224. The van der Waals surface area contributed by atoms with Crippen molar-refractivity contribution in [3.63, 3.8) is 0 Å². The Morgan fingerprint density at radius 3 is 2.54 bits per heavy atom. The van der Waals surface area contributed by atoms with Crippen LogP contribution in [0.3, 0.4) is 0 Å². The molecule has 0 aliphatic heterocycles. The lowest BCUT2D eigenvalue weighted by Crippen LogP contribution is -2.18. The topological polar surface area (TPSA) is 26.0 Å². The number of halogens is 3. The average Bonchev–Trinajstić information content (AvgIpc) is 1.96. The number of hydrogen-bond donors (Lipinski definition) is 1. The molecule has 2 N–H and O–H groups in total. The maximum atomic E-state index is 13.4. The number of hydrogen-bond acceptors (Lipinski definition) is 1. The number of benzene rings is 1. The highest BCUT2D eigenvalue weighted by Gasteiger charge is 2.09. The molecule has 1 atom stereocenters. The van der Waals surface area contributed by atoms with Gasteiger partial charge in [-0.15, -0.1) is 0 Å². The van der Waals surface area contributed by atoms with E-state index in [0.29, 0.717) is 12.0 Å². The van der Waals surface area contributed by atoms with Gasteiger partial charge in [-0.25, -0.2) is 4.39 Å². The Kier molecular flexibility index (Phi) is 3.88. The minimum Gasteiger partial charge on any atom is -0.328 e. The predicted octanol–water partition coefficient (Wildman–Crippen LogP) is 3.24. The van der Waals surface area contributed by atoms with Crippen LogP contribution in [0.25, 0.3) is 0 Å². The molecule has 0 saturated carbocycles. The van der Waals surface area contributed by atoms with Crippen LogP contribution in [-0.4, -0.2) is 6.04 Å². The zero-order valence-corrected chi connectivity index (χ0v) is 10.3.